The number of ether oxygens (including phenoxy) is 4. The van der Waals surface area contributed by atoms with Crippen LogP contribution in [-0.4, -0.2) is 97.5 Å². The minimum absolute atomic E-state index is 0.0258. The molecule has 12 nitrogen and oxygen atoms in total. The molecule has 1 aliphatic heterocycles. The van der Waals surface area contributed by atoms with E-state index in [-0.39, 0.29) is 19.6 Å². The number of esters is 1. The van der Waals surface area contributed by atoms with Crippen LogP contribution in [0.1, 0.15) is 117 Å². The predicted octanol–water partition coefficient (Wildman–Crippen LogP) is 9.40. The summed E-state index contributed by atoms with van der Waals surface area (Å²) in [5.74, 6) is -0.478. The van der Waals surface area contributed by atoms with Crippen LogP contribution < -0.4 is 0 Å². The van der Waals surface area contributed by atoms with E-state index < -0.39 is 59.8 Å². The summed E-state index contributed by atoms with van der Waals surface area (Å²) in [7, 11) is -5.08. The summed E-state index contributed by atoms with van der Waals surface area (Å²) in [4.78, 5) is 12.8. The summed E-state index contributed by atoms with van der Waals surface area (Å²) in [5, 5.41) is 30.7. The van der Waals surface area contributed by atoms with Crippen LogP contribution in [0.25, 0.3) is 0 Å². The average molecular weight is 889 g/mol. The van der Waals surface area contributed by atoms with E-state index in [0.29, 0.717) is 19.4 Å². The fraction of sp³-hybridized carbons (Fsp3) is 0.571. The van der Waals surface area contributed by atoms with E-state index in [1.54, 1.807) is 0 Å². The van der Waals surface area contributed by atoms with Crippen molar-refractivity contribution in [2.45, 2.75) is 153 Å². The molecule has 62 heavy (non-hydrogen) atoms. The number of allylic oxidation sites excluding steroid dienone is 20. The molecule has 1 aliphatic rings. The van der Waals surface area contributed by atoms with Gasteiger partial charge in [-0.15, -0.1) is 0 Å². The first-order chi connectivity index (χ1) is 30.1. The van der Waals surface area contributed by atoms with Crippen LogP contribution in [0, 0.1) is 0 Å². The molecule has 1 heterocycles. The number of rotatable bonds is 36. The smallest absolute Gasteiger partial charge is 0.397 e. The van der Waals surface area contributed by atoms with Crippen LogP contribution in [0.15, 0.2) is 122 Å². The lowest BCUT2D eigenvalue weighted by molar-refractivity contribution is -0.301. The average Bonchev–Trinajstić information content (AvgIpc) is 3.24. The zero-order valence-electron chi connectivity index (χ0n) is 37.1. The second-order valence-corrected chi connectivity index (χ2v) is 15.6. The normalized spacial score (nSPS) is 21.2. The molecule has 0 aromatic rings. The van der Waals surface area contributed by atoms with Crippen LogP contribution >= 0.6 is 0 Å². The van der Waals surface area contributed by atoms with Gasteiger partial charge in [0.25, 0.3) is 0 Å². The fourth-order valence-electron chi connectivity index (χ4n) is 5.79. The van der Waals surface area contributed by atoms with Gasteiger partial charge in [0.1, 0.15) is 30.5 Å². The van der Waals surface area contributed by atoms with Gasteiger partial charge in [0.15, 0.2) is 6.29 Å². The second kappa shape index (κ2) is 39.1. The minimum atomic E-state index is -5.08. The molecule has 1 rings (SSSR count). The van der Waals surface area contributed by atoms with Crippen molar-refractivity contribution in [2.24, 2.45) is 0 Å². The molecular weight excluding hydrogens is 813 g/mol. The van der Waals surface area contributed by atoms with E-state index in [9.17, 15) is 28.5 Å². The first kappa shape index (κ1) is 56.5. The highest BCUT2D eigenvalue weighted by Crippen LogP contribution is 2.26. The van der Waals surface area contributed by atoms with Crippen molar-refractivity contribution in [3.63, 3.8) is 0 Å². The number of hydrogen-bond acceptors (Lipinski definition) is 11. The topological polar surface area (TPSA) is 178 Å². The lowest BCUT2D eigenvalue weighted by Crippen LogP contribution is -2.60. The molecule has 6 atom stereocenters. The molecule has 350 valence electrons. The van der Waals surface area contributed by atoms with E-state index in [1.165, 1.54) is 0 Å². The van der Waals surface area contributed by atoms with E-state index in [0.717, 1.165) is 83.5 Å². The quantitative estimate of drug-likeness (QED) is 0.0203. The Hall–Kier alpha value is -3.50. The zero-order chi connectivity index (χ0) is 45.4. The molecule has 0 aromatic heterocycles. The van der Waals surface area contributed by atoms with E-state index in [2.05, 4.69) is 133 Å². The molecule has 0 saturated carbocycles. The summed E-state index contributed by atoms with van der Waals surface area (Å²) >= 11 is 0. The lowest BCUT2D eigenvalue weighted by atomic mass is 9.99. The van der Waals surface area contributed by atoms with Crippen molar-refractivity contribution >= 4 is 16.4 Å². The Morgan fingerprint density at radius 1 is 0.613 bits per heavy atom. The third-order valence-corrected chi connectivity index (χ3v) is 9.54. The van der Waals surface area contributed by atoms with Gasteiger partial charge in [0.05, 0.1) is 19.8 Å². The van der Waals surface area contributed by atoms with Gasteiger partial charge in [-0.3, -0.25) is 9.35 Å². The Morgan fingerprint density at radius 3 is 1.48 bits per heavy atom. The van der Waals surface area contributed by atoms with Crippen molar-refractivity contribution in [2.75, 3.05) is 26.4 Å². The van der Waals surface area contributed by atoms with Crippen molar-refractivity contribution in [1.82, 2.24) is 0 Å². The molecule has 0 aromatic carbocycles. The summed E-state index contributed by atoms with van der Waals surface area (Å²) in [6.07, 6.45) is 46.7. The Kier molecular flexibility index (Phi) is 35.7. The van der Waals surface area contributed by atoms with Gasteiger partial charge >= 0.3 is 16.4 Å². The SMILES string of the molecule is CC/C=C\C/C=C\C/C=C\C/C=C\C/C=C\CCCCOCC(COC1OC(CO)C(O)C(OS(=O)(=O)O)C1O)OC(=O)CCC/C=C\C/C=C\C/C=C\C/C=C\C/C=C\CC. The van der Waals surface area contributed by atoms with Gasteiger partial charge < -0.3 is 34.3 Å². The molecule has 0 radical (unpaired) electrons. The predicted molar refractivity (Wildman–Crippen MR) is 247 cm³/mol. The third-order valence-electron chi connectivity index (χ3n) is 9.08. The molecule has 0 spiro atoms. The van der Waals surface area contributed by atoms with Gasteiger partial charge in [-0.25, -0.2) is 4.18 Å². The molecule has 4 N–H and O–H groups in total. The van der Waals surface area contributed by atoms with Crippen LogP contribution in [0.2, 0.25) is 0 Å². The van der Waals surface area contributed by atoms with Crippen molar-refractivity contribution in [3.05, 3.63) is 122 Å². The number of aliphatic hydroxyl groups excluding tert-OH is 3. The van der Waals surface area contributed by atoms with Crippen molar-refractivity contribution in [1.29, 1.82) is 0 Å². The van der Waals surface area contributed by atoms with Crippen LogP contribution in [0.3, 0.4) is 0 Å². The number of hydrogen-bond donors (Lipinski definition) is 4. The molecule has 0 amide bonds. The van der Waals surface area contributed by atoms with Gasteiger partial charge in [-0.1, -0.05) is 135 Å². The lowest BCUT2D eigenvalue weighted by Gasteiger charge is -2.41. The first-order valence-corrected chi connectivity index (χ1v) is 23.7. The van der Waals surface area contributed by atoms with Gasteiger partial charge in [-0.05, 0) is 96.3 Å². The largest absolute Gasteiger partial charge is 0.457 e. The van der Waals surface area contributed by atoms with Gasteiger partial charge in [0, 0.05) is 13.0 Å². The maximum atomic E-state index is 12.8. The maximum Gasteiger partial charge on any atom is 0.397 e. The Labute approximate surface area is 372 Å². The Morgan fingerprint density at radius 2 is 1.05 bits per heavy atom. The number of carbonyl (C=O) groups excluding carboxylic acids is 1. The summed E-state index contributed by atoms with van der Waals surface area (Å²) in [6.45, 7) is 3.54. The van der Waals surface area contributed by atoms with Crippen LogP contribution in [0.5, 0.6) is 0 Å². The van der Waals surface area contributed by atoms with Crippen molar-refractivity contribution < 1.29 is 56.2 Å². The van der Waals surface area contributed by atoms with Gasteiger partial charge in [-0.2, -0.15) is 8.42 Å². The molecular formula is C49H76O12S. The highest BCUT2D eigenvalue weighted by Gasteiger charge is 2.48. The van der Waals surface area contributed by atoms with Gasteiger partial charge in [0.2, 0.25) is 0 Å². The van der Waals surface area contributed by atoms with Crippen molar-refractivity contribution in [3.8, 4) is 0 Å². The van der Waals surface area contributed by atoms with E-state index >= 15 is 0 Å². The minimum Gasteiger partial charge on any atom is -0.457 e. The molecule has 13 heteroatoms. The first-order valence-electron chi connectivity index (χ1n) is 22.3. The molecule has 1 fully saturated rings. The maximum absolute atomic E-state index is 12.8. The van der Waals surface area contributed by atoms with Crippen LogP contribution in [-0.2, 0) is 38.3 Å². The fourth-order valence-corrected chi connectivity index (χ4v) is 6.30. The molecule has 1 saturated heterocycles. The zero-order valence-corrected chi connectivity index (χ0v) is 37.9. The van der Waals surface area contributed by atoms with E-state index in [4.69, 9.17) is 23.5 Å². The highest BCUT2D eigenvalue weighted by atomic mass is 32.3. The Bertz CT molecular complexity index is 1540. The molecule has 6 unspecified atom stereocenters. The number of carbonyl (C=O) groups is 1. The second-order valence-electron chi connectivity index (χ2n) is 14.5. The molecule has 0 bridgehead atoms. The summed E-state index contributed by atoms with van der Waals surface area (Å²) < 4.78 is 58.9. The number of aliphatic hydroxyl groups is 3. The summed E-state index contributed by atoms with van der Waals surface area (Å²) in [5.41, 5.74) is 0. The third kappa shape index (κ3) is 32.2. The monoisotopic (exact) mass is 889 g/mol. The highest BCUT2D eigenvalue weighted by molar-refractivity contribution is 7.80. The summed E-state index contributed by atoms with van der Waals surface area (Å²) in [6, 6.07) is 0. The standard InChI is InChI=1S/C49H76O12S/c1-3-5-7-9-11-13-15-17-19-21-23-25-27-29-31-33-35-37-39-57-41-43(42-58-49-47(53)48(61-62(54,55)56)46(52)44(40-50)60-49)59-45(51)38-36-34-32-30-28-26-24-22-20-18-16-14-12-10-8-6-4-2/h5-8,11-14,17-20,23-26,29-32,43-44,46-50,52-53H,3-4,9-10,15-16,21-22,27-28,33-42H2,1-2H3,(H,54,55,56)/b7-5-,8-6-,13-11-,14-12-,19-17-,20-18-,25-23-,26-24-,31-29-,32-30-. The molecule has 0 aliphatic carbocycles. The Balaban J connectivity index is 2.54. The van der Waals surface area contributed by atoms with Crippen LogP contribution in [0.4, 0.5) is 0 Å². The van der Waals surface area contributed by atoms with E-state index in [1.807, 2.05) is 6.08 Å². The number of unbranched alkanes of at least 4 members (excludes halogenated alkanes) is 3.